The Morgan fingerprint density at radius 1 is 1.64 bits per heavy atom. The van der Waals surface area contributed by atoms with Gasteiger partial charge in [-0.25, -0.2) is 0 Å². The molecule has 1 heterocycles. The maximum absolute atomic E-state index is 5.41. The van der Waals surface area contributed by atoms with E-state index in [2.05, 4.69) is 4.98 Å². The molecule has 0 aliphatic carbocycles. The van der Waals surface area contributed by atoms with Crippen LogP contribution in [0.1, 0.15) is 5.56 Å². The number of hydrogen-bond acceptors (Lipinski definition) is 3. The van der Waals surface area contributed by atoms with Crippen LogP contribution in [0, 0.1) is 0 Å². The van der Waals surface area contributed by atoms with Crippen LogP contribution in [0.5, 0.6) is 5.75 Å². The van der Waals surface area contributed by atoms with E-state index in [1.165, 1.54) is 0 Å². The molecule has 0 aromatic carbocycles. The average molecular weight is 175 g/mol. The molecule has 0 amide bonds. The lowest BCUT2D eigenvalue weighted by Gasteiger charge is -2.03. The predicted octanol–water partition coefficient (Wildman–Crippen LogP) is 0.971. The van der Waals surface area contributed by atoms with Gasteiger partial charge < -0.3 is 10.5 Å². The molecule has 3 nitrogen and oxygen atoms in total. The number of nitrogens with two attached hydrogens (primary N) is 1. The molecule has 1 aromatic rings. The standard InChI is InChI=1S/C7H10N2O.ClH/c1-10-7-2-3-9-5-6(7)4-8;/h2-3,5H,4,8H2,1H3;1H. The highest BCUT2D eigenvalue weighted by atomic mass is 35.5. The highest BCUT2D eigenvalue weighted by Gasteiger charge is 1.96. The third kappa shape index (κ3) is 2.37. The number of ether oxygens (including phenoxy) is 1. The number of halogens is 1. The van der Waals surface area contributed by atoms with Crippen LogP contribution < -0.4 is 10.5 Å². The van der Waals surface area contributed by atoms with Crippen LogP contribution in [0.15, 0.2) is 18.5 Å². The monoisotopic (exact) mass is 174 g/mol. The summed E-state index contributed by atoms with van der Waals surface area (Å²) in [6, 6.07) is 1.79. The number of aromatic nitrogens is 1. The van der Waals surface area contributed by atoms with Gasteiger partial charge in [-0.3, -0.25) is 4.98 Å². The van der Waals surface area contributed by atoms with Gasteiger partial charge in [-0.2, -0.15) is 0 Å². The molecule has 1 aromatic heterocycles. The van der Waals surface area contributed by atoms with Crippen LogP contribution in [0.4, 0.5) is 0 Å². The van der Waals surface area contributed by atoms with Gasteiger partial charge in [-0.1, -0.05) is 0 Å². The number of pyridine rings is 1. The highest BCUT2D eigenvalue weighted by Crippen LogP contribution is 2.13. The Labute approximate surface area is 72.0 Å². The van der Waals surface area contributed by atoms with Gasteiger partial charge in [0.25, 0.3) is 0 Å². The fourth-order valence-electron chi connectivity index (χ4n) is 0.767. The summed E-state index contributed by atoms with van der Waals surface area (Å²) < 4.78 is 5.02. The van der Waals surface area contributed by atoms with E-state index in [1.54, 1.807) is 25.6 Å². The average Bonchev–Trinajstić information content (AvgIpc) is 2.04. The summed E-state index contributed by atoms with van der Waals surface area (Å²) in [6.45, 7) is 0.469. The maximum atomic E-state index is 5.41. The van der Waals surface area contributed by atoms with E-state index in [1.807, 2.05) is 0 Å². The van der Waals surface area contributed by atoms with Gasteiger partial charge in [-0.05, 0) is 6.07 Å². The van der Waals surface area contributed by atoms with Gasteiger partial charge in [0.15, 0.2) is 0 Å². The molecule has 0 atom stereocenters. The van der Waals surface area contributed by atoms with Crippen molar-refractivity contribution in [1.82, 2.24) is 4.98 Å². The van der Waals surface area contributed by atoms with Crippen molar-refractivity contribution in [3.05, 3.63) is 24.0 Å². The van der Waals surface area contributed by atoms with Gasteiger partial charge in [0, 0.05) is 24.5 Å². The number of hydrogen-bond donors (Lipinski definition) is 1. The smallest absolute Gasteiger partial charge is 0.126 e. The summed E-state index contributed by atoms with van der Waals surface area (Å²) in [4.78, 5) is 3.90. The normalized spacial score (nSPS) is 8.55. The van der Waals surface area contributed by atoms with Crippen molar-refractivity contribution in [2.24, 2.45) is 5.73 Å². The minimum absolute atomic E-state index is 0. The summed E-state index contributed by atoms with van der Waals surface area (Å²) in [5.41, 5.74) is 6.34. The summed E-state index contributed by atoms with van der Waals surface area (Å²) in [6.07, 6.45) is 3.39. The lowest BCUT2D eigenvalue weighted by molar-refractivity contribution is 0.409. The first kappa shape index (κ1) is 10.2. The molecule has 0 spiro atoms. The van der Waals surface area contributed by atoms with Crippen molar-refractivity contribution in [2.45, 2.75) is 6.54 Å². The van der Waals surface area contributed by atoms with Crippen molar-refractivity contribution in [2.75, 3.05) is 7.11 Å². The highest BCUT2D eigenvalue weighted by molar-refractivity contribution is 5.85. The van der Waals surface area contributed by atoms with Gasteiger partial charge >= 0.3 is 0 Å². The summed E-state index contributed by atoms with van der Waals surface area (Å²) >= 11 is 0. The first-order valence-electron chi connectivity index (χ1n) is 3.05. The van der Waals surface area contributed by atoms with Crippen molar-refractivity contribution < 1.29 is 4.74 Å². The Balaban J connectivity index is 0.000001000. The van der Waals surface area contributed by atoms with Gasteiger partial charge in [0.2, 0.25) is 0 Å². The molecule has 0 unspecified atom stereocenters. The van der Waals surface area contributed by atoms with Crippen LogP contribution in [0.25, 0.3) is 0 Å². The third-order valence-electron chi connectivity index (χ3n) is 1.30. The molecule has 0 aliphatic rings. The fourth-order valence-corrected chi connectivity index (χ4v) is 0.767. The van der Waals surface area contributed by atoms with Gasteiger partial charge in [0.1, 0.15) is 5.75 Å². The van der Waals surface area contributed by atoms with E-state index in [0.29, 0.717) is 6.54 Å². The van der Waals surface area contributed by atoms with Crippen molar-refractivity contribution >= 4 is 12.4 Å². The zero-order chi connectivity index (χ0) is 7.40. The van der Waals surface area contributed by atoms with E-state index >= 15 is 0 Å². The van der Waals surface area contributed by atoms with Gasteiger partial charge in [0.05, 0.1) is 7.11 Å². The quantitative estimate of drug-likeness (QED) is 0.727. The predicted molar refractivity (Wildman–Crippen MR) is 45.9 cm³/mol. The molecule has 0 radical (unpaired) electrons. The van der Waals surface area contributed by atoms with E-state index in [4.69, 9.17) is 10.5 Å². The van der Waals surface area contributed by atoms with Crippen molar-refractivity contribution in [3.63, 3.8) is 0 Å². The molecule has 0 saturated heterocycles. The zero-order valence-electron chi connectivity index (χ0n) is 6.28. The summed E-state index contributed by atoms with van der Waals surface area (Å²) in [7, 11) is 1.62. The second kappa shape index (κ2) is 4.93. The van der Waals surface area contributed by atoms with Crippen LogP contribution in [-0.2, 0) is 6.54 Å². The van der Waals surface area contributed by atoms with Crippen LogP contribution in [-0.4, -0.2) is 12.1 Å². The van der Waals surface area contributed by atoms with Crippen LogP contribution >= 0.6 is 12.4 Å². The van der Waals surface area contributed by atoms with Crippen LogP contribution in [0.2, 0.25) is 0 Å². The van der Waals surface area contributed by atoms with Crippen molar-refractivity contribution in [3.8, 4) is 5.75 Å². The van der Waals surface area contributed by atoms with E-state index in [0.717, 1.165) is 11.3 Å². The fraction of sp³-hybridized carbons (Fsp3) is 0.286. The molecular formula is C7H11ClN2O. The molecule has 0 saturated carbocycles. The first-order valence-corrected chi connectivity index (χ1v) is 3.05. The SMILES string of the molecule is COc1ccncc1CN.Cl. The Morgan fingerprint density at radius 3 is 2.82 bits per heavy atom. The van der Waals surface area contributed by atoms with Crippen molar-refractivity contribution in [1.29, 1.82) is 0 Å². The number of rotatable bonds is 2. The second-order valence-electron chi connectivity index (χ2n) is 1.89. The lowest BCUT2D eigenvalue weighted by atomic mass is 10.2. The van der Waals surface area contributed by atoms with Crippen LogP contribution in [0.3, 0.4) is 0 Å². The third-order valence-corrected chi connectivity index (χ3v) is 1.30. The molecule has 11 heavy (non-hydrogen) atoms. The number of nitrogens with zero attached hydrogens (tertiary/aromatic N) is 1. The molecule has 4 heteroatoms. The largest absolute Gasteiger partial charge is 0.496 e. The molecule has 0 bridgehead atoms. The minimum Gasteiger partial charge on any atom is -0.496 e. The maximum Gasteiger partial charge on any atom is 0.126 e. The minimum atomic E-state index is 0. The molecule has 62 valence electrons. The summed E-state index contributed by atoms with van der Waals surface area (Å²) in [5, 5.41) is 0. The Bertz CT molecular complexity index is 194. The van der Waals surface area contributed by atoms with E-state index in [-0.39, 0.29) is 12.4 Å². The number of methoxy groups -OCH3 is 1. The van der Waals surface area contributed by atoms with E-state index in [9.17, 15) is 0 Å². The lowest BCUT2D eigenvalue weighted by Crippen LogP contribution is -1.99. The Morgan fingerprint density at radius 2 is 2.36 bits per heavy atom. The molecule has 1 rings (SSSR count). The Hall–Kier alpha value is -0.800. The molecule has 0 aliphatic heterocycles. The molecule has 2 N–H and O–H groups in total. The van der Waals surface area contributed by atoms with Gasteiger partial charge in [-0.15, -0.1) is 12.4 Å². The second-order valence-corrected chi connectivity index (χ2v) is 1.89. The summed E-state index contributed by atoms with van der Waals surface area (Å²) in [5.74, 6) is 0.803. The Kier molecular flexibility index (Phi) is 4.57. The van der Waals surface area contributed by atoms with E-state index < -0.39 is 0 Å². The topological polar surface area (TPSA) is 48.1 Å². The first-order chi connectivity index (χ1) is 4.88. The molecular weight excluding hydrogens is 164 g/mol. The molecule has 0 fully saturated rings. The zero-order valence-corrected chi connectivity index (χ0v) is 7.10.